The average molecular weight is 405 g/mol. The zero-order valence-corrected chi connectivity index (χ0v) is 16.5. The van der Waals surface area contributed by atoms with Crippen molar-refractivity contribution in [1.82, 2.24) is 15.0 Å². The van der Waals surface area contributed by atoms with Crippen molar-refractivity contribution in [2.75, 3.05) is 16.7 Å². The van der Waals surface area contributed by atoms with Crippen LogP contribution < -0.4 is 10.5 Å². The first-order valence-corrected chi connectivity index (χ1v) is 10.8. The average Bonchev–Trinajstić information content (AvgIpc) is 2.68. The number of sulfonamides is 1. The van der Waals surface area contributed by atoms with E-state index in [0.717, 1.165) is 28.8 Å². The van der Waals surface area contributed by atoms with Crippen LogP contribution in [0, 0.1) is 0 Å². The molecule has 0 amide bonds. The summed E-state index contributed by atoms with van der Waals surface area (Å²) in [6, 6.07) is 20.7. The summed E-state index contributed by atoms with van der Waals surface area (Å²) in [6.07, 6.45) is 1.71. The molecule has 0 bridgehead atoms. The minimum Gasteiger partial charge on any atom is -0.368 e. The number of rotatable bonds is 5. The molecule has 2 aromatic heterocycles. The number of nitrogens with one attached hydrogen (secondary N) is 1. The molecule has 4 aromatic rings. The van der Waals surface area contributed by atoms with Crippen LogP contribution in [0.25, 0.3) is 22.3 Å². The zero-order chi connectivity index (χ0) is 20.4. The Morgan fingerprint density at radius 1 is 0.897 bits per heavy atom. The fourth-order valence-corrected chi connectivity index (χ4v) is 3.65. The second-order valence-corrected chi connectivity index (χ2v) is 8.46. The third-order valence-corrected chi connectivity index (χ3v) is 4.94. The maximum atomic E-state index is 11.4. The van der Waals surface area contributed by atoms with E-state index in [9.17, 15) is 8.42 Å². The van der Waals surface area contributed by atoms with E-state index in [-0.39, 0.29) is 5.95 Å². The maximum Gasteiger partial charge on any atom is 0.229 e. The fourth-order valence-electron chi connectivity index (χ4n) is 3.09. The quantitative estimate of drug-likeness (QED) is 0.527. The van der Waals surface area contributed by atoms with Gasteiger partial charge in [0.25, 0.3) is 0 Å². The Balaban J connectivity index is 1.73. The smallest absolute Gasteiger partial charge is 0.229 e. The zero-order valence-electron chi connectivity index (χ0n) is 15.7. The monoisotopic (exact) mass is 405 g/mol. The van der Waals surface area contributed by atoms with E-state index in [1.807, 2.05) is 54.6 Å². The van der Waals surface area contributed by atoms with Gasteiger partial charge < -0.3 is 5.73 Å². The lowest BCUT2D eigenvalue weighted by Crippen LogP contribution is -2.09. The highest BCUT2D eigenvalue weighted by atomic mass is 32.2. The molecule has 8 heteroatoms. The predicted molar refractivity (Wildman–Crippen MR) is 115 cm³/mol. The van der Waals surface area contributed by atoms with Crippen molar-refractivity contribution in [3.63, 3.8) is 0 Å². The van der Waals surface area contributed by atoms with E-state index in [2.05, 4.69) is 14.7 Å². The molecule has 4 rings (SSSR count). The number of nitrogen functional groups attached to an aromatic ring is 1. The number of nitrogens with zero attached hydrogens (tertiary/aromatic N) is 3. The van der Waals surface area contributed by atoms with Crippen molar-refractivity contribution >= 4 is 32.7 Å². The number of hydrogen-bond donors (Lipinski definition) is 2. The summed E-state index contributed by atoms with van der Waals surface area (Å²) in [7, 11) is -3.32. The van der Waals surface area contributed by atoms with Crippen molar-refractivity contribution in [1.29, 1.82) is 0 Å². The van der Waals surface area contributed by atoms with Crippen LogP contribution in [0.15, 0.2) is 66.7 Å². The Bertz CT molecular complexity index is 1270. The van der Waals surface area contributed by atoms with E-state index in [1.54, 1.807) is 12.1 Å². The first-order valence-electron chi connectivity index (χ1n) is 8.93. The standard InChI is InChI=1S/C21H19N5O2S/c1-29(27,28)26-16-9-7-15(8-10-16)17-11-12-18-20(23-17)19(25-21(22)24-18)13-14-5-3-2-4-6-14/h2-12,26H,13H2,1H3,(H2,22,24,25). The maximum absolute atomic E-state index is 11.4. The third kappa shape index (κ3) is 4.49. The van der Waals surface area contributed by atoms with Gasteiger partial charge in [-0.25, -0.2) is 23.4 Å². The molecule has 0 unspecified atom stereocenters. The van der Waals surface area contributed by atoms with Gasteiger partial charge in [0.2, 0.25) is 16.0 Å². The SMILES string of the molecule is CS(=O)(=O)Nc1ccc(-c2ccc3nc(N)nc(Cc4ccccc4)c3n2)cc1. The van der Waals surface area contributed by atoms with E-state index < -0.39 is 10.0 Å². The van der Waals surface area contributed by atoms with Crippen LogP contribution in [0.5, 0.6) is 0 Å². The van der Waals surface area contributed by atoms with E-state index >= 15 is 0 Å². The topological polar surface area (TPSA) is 111 Å². The number of fused-ring (bicyclic) bond motifs is 1. The number of hydrogen-bond acceptors (Lipinski definition) is 6. The summed E-state index contributed by atoms with van der Waals surface area (Å²) in [6.45, 7) is 0. The molecule has 0 aliphatic rings. The lowest BCUT2D eigenvalue weighted by atomic mass is 10.1. The van der Waals surface area contributed by atoms with Crippen LogP contribution in [0.4, 0.5) is 11.6 Å². The highest BCUT2D eigenvalue weighted by Crippen LogP contribution is 2.25. The Labute approximate surface area is 168 Å². The third-order valence-electron chi connectivity index (χ3n) is 4.33. The number of benzene rings is 2. The molecule has 0 saturated carbocycles. The molecule has 0 fully saturated rings. The summed E-state index contributed by atoms with van der Waals surface area (Å²) in [5.74, 6) is 0.217. The van der Waals surface area contributed by atoms with Gasteiger partial charge in [0, 0.05) is 17.7 Å². The van der Waals surface area contributed by atoms with Crippen LogP contribution in [0.1, 0.15) is 11.3 Å². The van der Waals surface area contributed by atoms with Crippen LogP contribution in [-0.2, 0) is 16.4 Å². The van der Waals surface area contributed by atoms with E-state index in [1.165, 1.54) is 0 Å². The molecule has 0 atom stereocenters. The lowest BCUT2D eigenvalue weighted by molar-refractivity contribution is 0.607. The van der Waals surface area contributed by atoms with Gasteiger partial charge in [-0.05, 0) is 29.8 Å². The fraction of sp³-hybridized carbons (Fsp3) is 0.0952. The van der Waals surface area contributed by atoms with Gasteiger partial charge in [-0.2, -0.15) is 0 Å². The number of nitrogens with two attached hydrogens (primary N) is 1. The molecule has 0 radical (unpaired) electrons. The van der Waals surface area contributed by atoms with Crippen LogP contribution in [-0.4, -0.2) is 29.6 Å². The van der Waals surface area contributed by atoms with Gasteiger partial charge in [-0.1, -0.05) is 42.5 Å². The van der Waals surface area contributed by atoms with Gasteiger partial charge in [0.1, 0.15) is 5.52 Å². The Morgan fingerprint density at radius 2 is 1.62 bits per heavy atom. The number of aromatic nitrogens is 3. The van der Waals surface area contributed by atoms with Crippen molar-refractivity contribution in [3.05, 3.63) is 78.0 Å². The molecule has 29 heavy (non-hydrogen) atoms. The van der Waals surface area contributed by atoms with Crippen LogP contribution in [0.2, 0.25) is 0 Å². The summed E-state index contributed by atoms with van der Waals surface area (Å²) < 4.78 is 25.2. The molecule has 0 saturated heterocycles. The summed E-state index contributed by atoms with van der Waals surface area (Å²) in [4.78, 5) is 13.5. The minimum absolute atomic E-state index is 0.217. The predicted octanol–water partition coefficient (Wildman–Crippen LogP) is 3.24. The molecule has 2 heterocycles. The Hall–Kier alpha value is -3.52. The summed E-state index contributed by atoms with van der Waals surface area (Å²) in [5.41, 5.74) is 11.2. The van der Waals surface area contributed by atoms with Gasteiger partial charge in [-0.15, -0.1) is 0 Å². The van der Waals surface area contributed by atoms with Crippen molar-refractivity contribution in [2.24, 2.45) is 0 Å². The lowest BCUT2D eigenvalue weighted by Gasteiger charge is -2.09. The minimum atomic E-state index is -3.32. The Morgan fingerprint density at radius 3 is 2.31 bits per heavy atom. The highest BCUT2D eigenvalue weighted by Gasteiger charge is 2.11. The molecule has 0 spiro atoms. The van der Waals surface area contributed by atoms with Crippen LogP contribution >= 0.6 is 0 Å². The molecule has 0 aliphatic carbocycles. The molecule has 2 aromatic carbocycles. The van der Waals surface area contributed by atoms with Crippen molar-refractivity contribution < 1.29 is 8.42 Å². The molecule has 3 N–H and O–H groups in total. The van der Waals surface area contributed by atoms with Crippen LogP contribution in [0.3, 0.4) is 0 Å². The van der Waals surface area contributed by atoms with Crippen molar-refractivity contribution in [2.45, 2.75) is 6.42 Å². The number of anilines is 2. The van der Waals surface area contributed by atoms with Gasteiger partial charge >= 0.3 is 0 Å². The largest absolute Gasteiger partial charge is 0.368 e. The first kappa shape index (κ1) is 18.8. The molecule has 7 nitrogen and oxygen atoms in total. The van der Waals surface area contributed by atoms with E-state index in [0.29, 0.717) is 23.1 Å². The number of pyridine rings is 1. The van der Waals surface area contributed by atoms with E-state index in [4.69, 9.17) is 10.7 Å². The van der Waals surface area contributed by atoms with Crippen molar-refractivity contribution in [3.8, 4) is 11.3 Å². The second kappa shape index (κ2) is 7.48. The Kier molecular flexibility index (Phi) is 4.85. The second-order valence-electron chi connectivity index (χ2n) is 6.71. The molecule has 0 aliphatic heterocycles. The molecular weight excluding hydrogens is 386 g/mol. The normalized spacial score (nSPS) is 11.5. The summed E-state index contributed by atoms with van der Waals surface area (Å²) in [5, 5.41) is 0. The first-order chi connectivity index (χ1) is 13.9. The highest BCUT2D eigenvalue weighted by molar-refractivity contribution is 7.92. The molecular formula is C21H19N5O2S. The van der Waals surface area contributed by atoms with Gasteiger partial charge in [-0.3, -0.25) is 4.72 Å². The van der Waals surface area contributed by atoms with Gasteiger partial charge in [0.15, 0.2) is 0 Å². The summed E-state index contributed by atoms with van der Waals surface area (Å²) >= 11 is 0. The van der Waals surface area contributed by atoms with Gasteiger partial charge in [0.05, 0.1) is 23.2 Å². The molecule has 146 valence electrons.